The fourth-order valence-electron chi connectivity index (χ4n) is 3.36. The predicted octanol–water partition coefficient (Wildman–Crippen LogP) is 3.74. The average Bonchev–Trinajstić information content (AvgIpc) is 2.63. The second-order valence-corrected chi connectivity index (χ2v) is 6.52. The van der Waals surface area contributed by atoms with Gasteiger partial charge in [0.05, 0.1) is 19.8 Å². The number of hydrogen-bond donors (Lipinski definition) is 1. The molecular weight excluding hydrogens is 336 g/mol. The van der Waals surface area contributed by atoms with Gasteiger partial charge in [-0.15, -0.1) is 0 Å². The molecule has 1 unspecified atom stereocenters. The summed E-state index contributed by atoms with van der Waals surface area (Å²) in [5, 5.41) is 4.18. The van der Waals surface area contributed by atoms with Gasteiger partial charge >= 0.3 is 0 Å². The SMILES string of the molecule is CCOc1cc(C(c2cccc(Cl)c2)N2CCNCC2)ccc1OC. The molecule has 0 bridgehead atoms. The number of hydrogen-bond acceptors (Lipinski definition) is 4. The standard InChI is InChI=1S/C20H25ClN2O2/c1-3-25-19-14-16(7-8-18(19)24-2)20(23-11-9-22-10-12-23)15-5-4-6-17(21)13-15/h4-8,13-14,20,22H,3,9-12H2,1-2H3. The van der Waals surface area contributed by atoms with E-state index in [-0.39, 0.29) is 6.04 Å². The number of methoxy groups -OCH3 is 1. The maximum absolute atomic E-state index is 6.27. The van der Waals surface area contributed by atoms with Crippen LogP contribution >= 0.6 is 11.6 Å². The summed E-state index contributed by atoms with van der Waals surface area (Å²) >= 11 is 6.27. The van der Waals surface area contributed by atoms with Gasteiger partial charge in [-0.05, 0) is 42.3 Å². The second-order valence-electron chi connectivity index (χ2n) is 6.09. The maximum Gasteiger partial charge on any atom is 0.161 e. The zero-order valence-corrected chi connectivity index (χ0v) is 15.6. The highest BCUT2D eigenvalue weighted by Crippen LogP contribution is 2.36. The zero-order chi connectivity index (χ0) is 17.6. The van der Waals surface area contributed by atoms with E-state index in [4.69, 9.17) is 21.1 Å². The van der Waals surface area contributed by atoms with Gasteiger partial charge in [0.25, 0.3) is 0 Å². The van der Waals surface area contributed by atoms with Crippen molar-refractivity contribution in [2.24, 2.45) is 0 Å². The lowest BCUT2D eigenvalue weighted by Crippen LogP contribution is -2.45. The summed E-state index contributed by atoms with van der Waals surface area (Å²) < 4.78 is 11.2. The van der Waals surface area contributed by atoms with Gasteiger partial charge in [0.1, 0.15) is 0 Å². The van der Waals surface area contributed by atoms with Crippen molar-refractivity contribution in [2.45, 2.75) is 13.0 Å². The molecule has 5 heteroatoms. The van der Waals surface area contributed by atoms with Crippen molar-refractivity contribution in [1.82, 2.24) is 10.2 Å². The van der Waals surface area contributed by atoms with Crippen molar-refractivity contribution in [1.29, 1.82) is 0 Å². The second kappa shape index (κ2) is 8.56. The quantitative estimate of drug-likeness (QED) is 0.850. The molecule has 0 spiro atoms. The molecule has 2 aromatic rings. The molecule has 25 heavy (non-hydrogen) atoms. The molecule has 1 aliphatic rings. The van der Waals surface area contributed by atoms with Crippen LogP contribution < -0.4 is 14.8 Å². The van der Waals surface area contributed by atoms with Crippen LogP contribution in [0.4, 0.5) is 0 Å². The van der Waals surface area contributed by atoms with Crippen molar-refractivity contribution in [3.05, 3.63) is 58.6 Å². The van der Waals surface area contributed by atoms with E-state index in [0.717, 1.165) is 42.7 Å². The Kier molecular flexibility index (Phi) is 6.19. The van der Waals surface area contributed by atoms with Crippen LogP contribution in [0.5, 0.6) is 11.5 Å². The van der Waals surface area contributed by atoms with Gasteiger partial charge in [0, 0.05) is 31.2 Å². The maximum atomic E-state index is 6.27. The van der Waals surface area contributed by atoms with Crippen LogP contribution in [-0.4, -0.2) is 44.8 Å². The Morgan fingerprint density at radius 2 is 1.84 bits per heavy atom. The molecule has 1 aliphatic heterocycles. The molecular formula is C20H25ClN2O2. The molecule has 0 saturated carbocycles. The number of nitrogens with one attached hydrogen (secondary N) is 1. The summed E-state index contributed by atoms with van der Waals surface area (Å²) in [5.41, 5.74) is 2.38. The molecule has 1 atom stereocenters. The number of piperazine rings is 1. The predicted molar refractivity (Wildman–Crippen MR) is 102 cm³/mol. The van der Waals surface area contributed by atoms with E-state index in [2.05, 4.69) is 34.5 Å². The molecule has 1 heterocycles. The number of halogens is 1. The lowest BCUT2D eigenvalue weighted by Gasteiger charge is -2.36. The van der Waals surface area contributed by atoms with Gasteiger partial charge in [-0.3, -0.25) is 4.90 Å². The molecule has 1 fully saturated rings. The highest BCUT2D eigenvalue weighted by atomic mass is 35.5. The van der Waals surface area contributed by atoms with Gasteiger partial charge < -0.3 is 14.8 Å². The Balaban J connectivity index is 2.03. The minimum absolute atomic E-state index is 0.144. The molecule has 3 rings (SSSR count). The summed E-state index contributed by atoms with van der Waals surface area (Å²) in [6.45, 7) is 6.56. The van der Waals surface area contributed by atoms with Gasteiger partial charge in [-0.2, -0.15) is 0 Å². The van der Waals surface area contributed by atoms with Crippen LogP contribution in [0.2, 0.25) is 5.02 Å². The zero-order valence-electron chi connectivity index (χ0n) is 14.8. The first-order valence-electron chi connectivity index (χ1n) is 8.74. The van der Waals surface area contributed by atoms with Gasteiger partial charge in [-0.1, -0.05) is 29.8 Å². The molecule has 1 N–H and O–H groups in total. The normalized spacial score (nSPS) is 16.4. The van der Waals surface area contributed by atoms with Crippen molar-refractivity contribution in [3.8, 4) is 11.5 Å². The fraction of sp³-hybridized carbons (Fsp3) is 0.400. The molecule has 1 saturated heterocycles. The van der Waals surface area contributed by atoms with E-state index in [1.165, 1.54) is 11.1 Å². The average molecular weight is 361 g/mol. The van der Waals surface area contributed by atoms with Gasteiger partial charge in [-0.25, -0.2) is 0 Å². The molecule has 2 aromatic carbocycles. The molecule has 0 aromatic heterocycles. The Bertz CT molecular complexity index is 702. The van der Waals surface area contributed by atoms with E-state index < -0.39 is 0 Å². The first-order valence-corrected chi connectivity index (χ1v) is 9.11. The number of rotatable bonds is 6. The summed E-state index contributed by atoms with van der Waals surface area (Å²) in [5.74, 6) is 1.54. The van der Waals surface area contributed by atoms with Crippen LogP contribution in [0.1, 0.15) is 24.1 Å². The molecule has 0 aliphatic carbocycles. The van der Waals surface area contributed by atoms with Crippen LogP contribution in [0.15, 0.2) is 42.5 Å². The lowest BCUT2D eigenvalue weighted by atomic mass is 9.96. The van der Waals surface area contributed by atoms with E-state index >= 15 is 0 Å². The summed E-state index contributed by atoms with van der Waals surface area (Å²) in [6, 6.07) is 14.5. The summed E-state index contributed by atoms with van der Waals surface area (Å²) in [6.07, 6.45) is 0. The van der Waals surface area contributed by atoms with Crippen molar-refractivity contribution in [3.63, 3.8) is 0 Å². The van der Waals surface area contributed by atoms with Crippen LogP contribution in [0, 0.1) is 0 Å². The summed E-state index contributed by atoms with van der Waals surface area (Å²) in [7, 11) is 1.67. The highest BCUT2D eigenvalue weighted by Gasteiger charge is 2.25. The molecule has 0 amide bonds. The molecule has 134 valence electrons. The van der Waals surface area contributed by atoms with Crippen molar-refractivity contribution in [2.75, 3.05) is 39.9 Å². The minimum Gasteiger partial charge on any atom is -0.493 e. The largest absolute Gasteiger partial charge is 0.493 e. The van der Waals surface area contributed by atoms with Crippen molar-refractivity contribution < 1.29 is 9.47 Å². The number of ether oxygens (including phenoxy) is 2. The minimum atomic E-state index is 0.144. The number of benzene rings is 2. The fourth-order valence-corrected chi connectivity index (χ4v) is 3.56. The Labute approximate surface area is 154 Å². The first-order chi connectivity index (χ1) is 12.2. The molecule has 4 nitrogen and oxygen atoms in total. The number of nitrogens with zero attached hydrogens (tertiary/aromatic N) is 1. The van der Waals surface area contributed by atoms with E-state index in [1.54, 1.807) is 7.11 Å². The Morgan fingerprint density at radius 3 is 2.52 bits per heavy atom. The van der Waals surface area contributed by atoms with Crippen LogP contribution in [0.3, 0.4) is 0 Å². The van der Waals surface area contributed by atoms with E-state index in [0.29, 0.717) is 6.61 Å². The van der Waals surface area contributed by atoms with Gasteiger partial charge in [0.2, 0.25) is 0 Å². The topological polar surface area (TPSA) is 33.7 Å². The summed E-state index contributed by atoms with van der Waals surface area (Å²) in [4.78, 5) is 2.49. The van der Waals surface area contributed by atoms with Gasteiger partial charge in [0.15, 0.2) is 11.5 Å². The Hall–Kier alpha value is -1.75. The third-order valence-corrected chi connectivity index (χ3v) is 4.72. The van der Waals surface area contributed by atoms with Crippen LogP contribution in [-0.2, 0) is 0 Å². The molecule has 0 radical (unpaired) electrons. The third-order valence-electron chi connectivity index (χ3n) is 4.48. The smallest absolute Gasteiger partial charge is 0.161 e. The lowest BCUT2D eigenvalue weighted by molar-refractivity contribution is 0.198. The monoisotopic (exact) mass is 360 g/mol. The van der Waals surface area contributed by atoms with Crippen LogP contribution in [0.25, 0.3) is 0 Å². The Morgan fingerprint density at radius 1 is 1.08 bits per heavy atom. The third kappa shape index (κ3) is 4.27. The first kappa shape index (κ1) is 18.1. The highest BCUT2D eigenvalue weighted by molar-refractivity contribution is 6.30. The van der Waals surface area contributed by atoms with Crippen molar-refractivity contribution >= 4 is 11.6 Å². The van der Waals surface area contributed by atoms with E-state index in [1.807, 2.05) is 25.1 Å². The van der Waals surface area contributed by atoms with E-state index in [9.17, 15) is 0 Å².